The van der Waals surface area contributed by atoms with Gasteiger partial charge in [-0.2, -0.15) is 0 Å². The van der Waals surface area contributed by atoms with Crippen molar-refractivity contribution < 1.29 is 14.0 Å². The van der Waals surface area contributed by atoms with Gasteiger partial charge in [0.2, 0.25) is 5.91 Å². The van der Waals surface area contributed by atoms with E-state index in [2.05, 4.69) is 10.6 Å². The molecule has 132 valence electrons. The Morgan fingerprint density at radius 1 is 1.32 bits per heavy atom. The number of urea groups is 1. The van der Waals surface area contributed by atoms with Gasteiger partial charge in [-0.25, -0.2) is 9.18 Å². The first-order chi connectivity index (χ1) is 12.0. The molecule has 7 heteroatoms. The summed E-state index contributed by atoms with van der Waals surface area (Å²) in [5, 5.41) is 6.87. The lowest BCUT2D eigenvalue weighted by Crippen LogP contribution is -2.45. The van der Waals surface area contributed by atoms with Crippen LogP contribution in [0.1, 0.15) is 22.4 Å². The summed E-state index contributed by atoms with van der Waals surface area (Å²) in [6, 6.07) is 6.45. The minimum absolute atomic E-state index is 0.0419. The molecule has 3 amide bonds. The fraction of sp³-hybridized carbons (Fsp3) is 0.333. The number of carbonyl (C=O) groups is 2. The second-order valence-electron chi connectivity index (χ2n) is 6.03. The van der Waals surface area contributed by atoms with Crippen molar-refractivity contribution in [2.75, 3.05) is 18.0 Å². The Bertz CT molecular complexity index is 777. The first-order valence-corrected chi connectivity index (χ1v) is 9.05. The van der Waals surface area contributed by atoms with E-state index in [0.717, 1.165) is 28.8 Å². The van der Waals surface area contributed by atoms with Crippen molar-refractivity contribution in [2.45, 2.75) is 26.3 Å². The molecule has 1 aliphatic heterocycles. The maximum absolute atomic E-state index is 14.2. The molecule has 0 saturated heterocycles. The molecule has 0 aliphatic carbocycles. The van der Waals surface area contributed by atoms with Gasteiger partial charge in [0, 0.05) is 11.4 Å². The molecule has 0 unspecified atom stereocenters. The molecule has 1 aromatic carbocycles. The van der Waals surface area contributed by atoms with E-state index in [9.17, 15) is 14.0 Å². The number of aryl methyl sites for hydroxylation is 1. The Morgan fingerprint density at radius 2 is 2.16 bits per heavy atom. The lowest BCUT2D eigenvalue weighted by molar-refractivity contribution is -0.118. The largest absolute Gasteiger partial charge is 0.360 e. The van der Waals surface area contributed by atoms with E-state index in [1.807, 2.05) is 24.4 Å². The Kier molecular flexibility index (Phi) is 5.33. The van der Waals surface area contributed by atoms with Gasteiger partial charge in [0.05, 0.1) is 18.8 Å². The molecule has 5 nitrogen and oxygen atoms in total. The molecule has 25 heavy (non-hydrogen) atoms. The van der Waals surface area contributed by atoms with Crippen LogP contribution < -0.4 is 15.5 Å². The van der Waals surface area contributed by atoms with Crippen LogP contribution in [0, 0.1) is 12.7 Å². The summed E-state index contributed by atoms with van der Waals surface area (Å²) in [5.74, 6) is -0.771. The fourth-order valence-corrected chi connectivity index (χ4v) is 3.69. The highest BCUT2D eigenvalue weighted by Crippen LogP contribution is 2.32. The minimum atomic E-state index is -0.541. The van der Waals surface area contributed by atoms with Gasteiger partial charge in [0.15, 0.2) is 0 Å². The van der Waals surface area contributed by atoms with Crippen LogP contribution in [0.4, 0.5) is 14.9 Å². The van der Waals surface area contributed by atoms with Gasteiger partial charge in [-0.3, -0.25) is 10.1 Å². The van der Waals surface area contributed by atoms with E-state index in [4.69, 9.17) is 0 Å². The highest BCUT2D eigenvalue weighted by Gasteiger charge is 2.24. The maximum atomic E-state index is 14.2. The van der Waals surface area contributed by atoms with Crippen molar-refractivity contribution in [1.82, 2.24) is 10.6 Å². The van der Waals surface area contributed by atoms with E-state index in [-0.39, 0.29) is 12.4 Å². The Morgan fingerprint density at radius 3 is 2.92 bits per heavy atom. The number of anilines is 1. The van der Waals surface area contributed by atoms with Crippen molar-refractivity contribution in [3.05, 3.63) is 51.5 Å². The predicted octanol–water partition coefficient (Wildman–Crippen LogP) is 2.97. The summed E-state index contributed by atoms with van der Waals surface area (Å²) >= 11 is 1.53. The minimum Gasteiger partial charge on any atom is -0.360 e. The van der Waals surface area contributed by atoms with E-state index >= 15 is 0 Å². The second-order valence-corrected chi connectivity index (χ2v) is 7.06. The molecule has 1 aliphatic rings. The standard InChI is InChI=1S/C18H20FN3O2S/c1-12-6-7-15(19)17-14(12)5-2-8-22(17)11-16(23)21-18(24)20-10-13-4-3-9-25-13/h3-4,6-7,9H,2,5,8,10-11H2,1H3,(H2,20,21,23,24). The number of thiophene rings is 1. The topological polar surface area (TPSA) is 61.4 Å². The van der Waals surface area contributed by atoms with Crippen molar-refractivity contribution in [1.29, 1.82) is 0 Å². The summed E-state index contributed by atoms with van der Waals surface area (Å²) in [4.78, 5) is 26.7. The second kappa shape index (κ2) is 7.65. The van der Waals surface area contributed by atoms with Crippen LogP contribution in [0.15, 0.2) is 29.6 Å². The number of carbonyl (C=O) groups excluding carboxylic acids is 2. The zero-order chi connectivity index (χ0) is 17.8. The number of hydrogen-bond acceptors (Lipinski definition) is 4. The number of halogens is 1. The van der Waals surface area contributed by atoms with E-state index in [1.54, 1.807) is 11.0 Å². The molecule has 3 rings (SSSR count). The van der Waals surface area contributed by atoms with Crippen molar-refractivity contribution in [2.24, 2.45) is 0 Å². The first kappa shape index (κ1) is 17.4. The number of imide groups is 1. The molecule has 2 heterocycles. The van der Waals surface area contributed by atoms with Crippen LogP contribution in [0.5, 0.6) is 0 Å². The third-order valence-corrected chi connectivity index (χ3v) is 5.11. The predicted molar refractivity (Wildman–Crippen MR) is 96.4 cm³/mol. The third kappa shape index (κ3) is 4.17. The molecule has 0 bridgehead atoms. The highest BCUT2D eigenvalue weighted by atomic mass is 32.1. The average Bonchev–Trinajstić information content (AvgIpc) is 3.10. The smallest absolute Gasteiger partial charge is 0.321 e. The molecule has 1 aromatic heterocycles. The quantitative estimate of drug-likeness (QED) is 0.880. The Labute approximate surface area is 149 Å². The zero-order valence-electron chi connectivity index (χ0n) is 14.0. The van der Waals surface area contributed by atoms with Gasteiger partial charge >= 0.3 is 6.03 Å². The zero-order valence-corrected chi connectivity index (χ0v) is 14.8. The van der Waals surface area contributed by atoms with E-state index in [1.165, 1.54) is 17.4 Å². The van der Waals surface area contributed by atoms with Crippen LogP contribution in [-0.4, -0.2) is 25.0 Å². The van der Waals surface area contributed by atoms with Gasteiger partial charge in [-0.05, 0) is 48.4 Å². The van der Waals surface area contributed by atoms with Crippen LogP contribution in [0.3, 0.4) is 0 Å². The normalized spacial score (nSPS) is 13.3. The van der Waals surface area contributed by atoms with E-state index < -0.39 is 11.9 Å². The van der Waals surface area contributed by atoms with Crippen LogP contribution >= 0.6 is 11.3 Å². The molecule has 0 saturated carbocycles. The summed E-state index contributed by atoms with van der Waals surface area (Å²) in [5.41, 5.74) is 2.46. The van der Waals surface area contributed by atoms with Gasteiger partial charge in [-0.15, -0.1) is 11.3 Å². The molecule has 0 fully saturated rings. The molecule has 0 atom stereocenters. The molecule has 0 radical (unpaired) electrons. The number of nitrogens with zero attached hydrogens (tertiary/aromatic N) is 1. The maximum Gasteiger partial charge on any atom is 0.321 e. The molecular formula is C18H20FN3O2S. The van der Waals surface area contributed by atoms with Crippen molar-refractivity contribution in [3.63, 3.8) is 0 Å². The Hall–Kier alpha value is -2.41. The van der Waals surface area contributed by atoms with Gasteiger partial charge in [0.25, 0.3) is 0 Å². The summed E-state index contributed by atoms with van der Waals surface area (Å²) < 4.78 is 14.2. The summed E-state index contributed by atoms with van der Waals surface area (Å²) in [6.07, 6.45) is 1.66. The lowest BCUT2D eigenvalue weighted by Gasteiger charge is -2.31. The molecule has 2 N–H and O–H groups in total. The first-order valence-electron chi connectivity index (χ1n) is 8.17. The number of rotatable bonds is 4. The van der Waals surface area contributed by atoms with Crippen molar-refractivity contribution in [3.8, 4) is 0 Å². The SMILES string of the molecule is Cc1ccc(F)c2c1CCCN2CC(=O)NC(=O)NCc1cccs1. The Balaban J connectivity index is 1.59. The van der Waals surface area contributed by atoms with Gasteiger partial charge in [-0.1, -0.05) is 12.1 Å². The lowest BCUT2D eigenvalue weighted by atomic mass is 9.96. The number of nitrogens with one attached hydrogen (secondary N) is 2. The number of fused-ring (bicyclic) bond motifs is 1. The van der Waals surface area contributed by atoms with Gasteiger partial charge in [0.1, 0.15) is 5.82 Å². The molecular weight excluding hydrogens is 341 g/mol. The third-order valence-electron chi connectivity index (χ3n) is 4.23. The number of amides is 3. The van der Waals surface area contributed by atoms with Gasteiger partial charge < -0.3 is 10.2 Å². The summed E-state index contributed by atoms with van der Waals surface area (Å²) in [7, 11) is 0. The summed E-state index contributed by atoms with van der Waals surface area (Å²) in [6.45, 7) is 2.87. The van der Waals surface area contributed by atoms with Crippen molar-refractivity contribution >= 4 is 29.0 Å². The monoisotopic (exact) mass is 361 g/mol. The van der Waals surface area contributed by atoms with Crippen LogP contribution in [0.25, 0.3) is 0 Å². The number of benzene rings is 1. The highest BCUT2D eigenvalue weighted by molar-refractivity contribution is 7.09. The van der Waals surface area contributed by atoms with Crippen LogP contribution in [-0.2, 0) is 17.8 Å². The fourth-order valence-electron chi connectivity index (χ4n) is 3.05. The molecule has 0 spiro atoms. The average molecular weight is 361 g/mol. The van der Waals surface area contributed by atoms with Crippen LogP contribution in [0.2, 0.25) is 0 Å². The molecule has 2 aromatic rings. The van der Waals surface area contributed by atoms with E-state index in [0.29, 0.717) is 18.8 Å². The number of hydrogen-bond donors (Lipinski definition) is 2.